The molecule has 19 heavy (non-hydrogen) atoms. The zero-order chi connectivity index (χ0) is 14.2. The van der Waals surface area contributed by atoms with Crippen LogP contribution in [0.4, 0.5) is 0 Å². The third kappa shape index (κ3) is 6.11. The van der Waals surface area contributed by atoms with Crippen molar-refractivity contribution in [3.8, 4) is 0 Å². The fraction of sp³-hybridized carbons (Fsp3) is 1.00. The van der Waals surface area contributed by atoms with E-state index in [1.165, 1.54) is 19.3 Å². The van der Waals surface area contributed by atoms with Crippen LogP contribution in [0, 0.1) is 0 Å². The van der Waals surface area contributed by atoms with E-state index in [4.69, 9.17) is 0 Å². The first kappa shape index (κ1) is 18.1. The second-order valence-corrected chi connectivity index (χ2v) is 28.5. The summed E-state index contributed by atoms with van der Waals surface area (Å²) in [5, 5.41) is 0. The third-order valence-electron chi connectivity index (χ3n) is 5.54. The summed E-state index contributed by atoms with van der Waals surface area (Å²) in [6.45, 7) is 9.96. The van der Waals surface area contributed by atoms with Crippen molar-refractivity contribution in [2.75, 3.05) is 0 Å². The van der Waals surface area contributed by atoms with Crippen LogP contribution in [0.15, 0.2) is 0 Å². The van der Waals surface area contributed by atoms with Gasteiger partial charge in [0.15, 0.2) is 0 Å². The summed E-state index contributed by atoms with van der Waals surface area (Å²) in [6, 6.07) is 3.38. The average molecular weight is 389 g/mol. The predicted molar refractivity (Wildman–Crippen MR) is 95.6 cm³/mol. The van der Waals surface area contributed by atoms with E-state index in [-0.39, 0.29) is 0 Å². The van der Waals surface area contributed by atoms with E-state index < -0.39 is 26.5 Å². The Bertz CT molecular complexity index is 214. The van der Waals surface area contributed by atoms with Gasteiger partial charge in [-0.1, -0.05) is 0 Å². The van der Waals surface area contributed by atoms with Crippen LogP contribution in [0.1, 0.15) is 65.7 Å². The Labute approximate surface area is 128 Å². The van der Waals surface area contributed by atoms with Gasteiger partial charge in [-0.3, -0.25) is 0 Å². The number of rotatable bonds is 11. The van der Waals surface area contributed by atoms with Crippen LogP contribution in [-0.4, -0.2) is 26.5 Å². The molecule has 0 nitrogen and oxygen atoms in total. The number of unbranched alkanes of at least 4 members (excludes halogenated alkanes) is 3. The van der Waals surface area contributed by atoms with Crippen molar-refractivity contribution in [1.82, 2.24) is 0 Å². The molecule has 0 atom stereocenters. The summed E-state index contributed by atoms with van der Waals surface area (Å²) < 4.78 is 7.11. The molecule has 0 spiro atoms. The standard InChI is InChI=1S/C5H11Si.3C4H9.Sn/c1-6(2)4-3-5-6;3*1-3-4-2;/h1,3-5H2,2H3;3*1,3-4H2,2H3;. The van der Waals surface area contributed by atoms with Gasteiger partial charge in [0.1, 0.15) is 0 Å². The van der Waals surface area contributed by atoms with Gasteiger partial charge in [-0.25, -0.2) is 0 Å². The quantitative estimate of drug-likeness (QED) is 0.339. The molecule has 0 N–H and O–H groups in total. The molecule has 0 radical (unpaired) electrons. The molecule has 114 valence electrons. The van der Waals surface area contributed by atoms with E-state index in [1.807, 2.05) is 4.06 Å². The van der Waals surface area contributed by atoms with Crippen molar-refractivity contribution in [3.63, 3.8) is 0 Å². The van der Waals surface area contributed by atoms with Crippen molar-refractivity contribution in [2.24, 2.45) is 0 Å². The molecule has 0 unspecified atom stereocenters. The maximum atomic E-state index is 2.76. The van der Waals surface area contributed by atoms with Crippen molar-refractivity contribution < 1.29 is 0 Å². The van der Waals surface area contributed by atoms with E-state index >= 15 is 0 Å². The van der Waals surface area contributed by atoms with Crippen LogP contribution in [0.3, 0.4) is 0 Å². The van der Waals surface area contributed by atoms with E-state index in [0.29, 0.717) is 0 Å². The molecule has 1 aliphatic rings. The molecule has 0 aliphatic carbocycles. The fourth-order valence-electron chi connectivity index (χ4n) is 4.16. The minimum atomic E-state index is -1.75. The molecule has 1 rings (SSSR count). The SMILES string of the molecule is CCC[CH2][Sn]([CH2]CCC)([CH2]CCC)[CH2][Si]1(C)CCC1. The first-order valence-corrected chi connectivity index (χ1v) is 20.3. The Morgan fingerprint density at radius 2 is 1.21 bits per heavy atom. The van der Waals surface area contributed by atoms with Crippen LogP contribution in [-0.2, 0) is 0 Å². The Balaban J connectivity index is 2.68. The van der Waals surface area contributed by atoms with Gasteiger partial charge in [-0.05, 0) is 0 Å². The average Bonchev–Trinajstić information content (AvgIpc) is 2.38. The Kier molecular flexibility index (Phi) is 8.67. The van der Waals surface area contributed by atoms with Gasteiger partial charge in [0.25, 0.3) is 0 Å². The van der Waals surface area contributed by atoms with Crippen LogP contribution in [0.5, 0.6) is 0 Å². The zero-order valence-corrected chi connectivity index (χ0v) is 18.0. The van der Waals surface area contributed by atoms with E-state index in [0.717, 1.165) is 0 Å². The molecule has 0 aromatic heterocycles. The molecule has 0 aromatic rings. The second kappa shape index (κ2) is 9.12. The first-order chi connectivity index (χ1) is 9.10. The van der Waals surface area contributed by atoms with Crippen molar-refractivity contribution in [3.05, 3.63) is 0 Å². The molecule has 1 fully saturated rings. The van der Waals surface area contributed by atoms with Crippen LogP contribution < -0.4 is 0 Å². The molecule has 0 saturated carbocycles. The van der Waals surface area contributed by atoms with Crippen molar-refractivity contribution in [1.29, 1.82) is 0 Å². The summed E-state index contributed by atoms with van der Waals surface area (Å²) in [5.41, 5.74) is 0. The Hall–Kier alpha value is 1.02. The van der Waals surface area contributed by atoms with E-state index in [1.54, 1.807) is 51.1 Å². The van der Waals surface area contributed by atoms with E-state index in [2.05, 4.69) is 27.3 Å². The Morgan fingerprint density at radius 3 is 1.47 bits per heavy atom. The first-order valence-electron chi connectivity index (χ1n) is 9.10. The molecule has 1 saturated heterocycles. The topological polar surface area (TPSA) is 0 Å². The van der Waals surface area contributed by atoms with Gasteiger partial charge in [0.2, 0.25) is 0 Å². The Morgan fingerprint density at radius 1 is 0.789 bits per heavy atom. The maximum absolute atomic E-state index is 2.76. The van der Waals surface area contributed by atoms with Crippen LogP contribution in [0.2, 0.25) is 36.0 Å². The molecular weight excluding hydrogens is 351 g/mol. The van der Waals surface area contributed by atoms with Gasteiger partial charge in [0.05, 0.1) is 0 Å². The van der Waals surface area contributed by atoms with Crippen LogP contribution in [0.25, 0.3) is 0 Å². The summed E-state index contributed by atoms with van der Waals surface area (Å²) in [4.78, 5) is 0. The van der Waals surface area contributed by atoms with Gasteiger partial charge in [-0.2, -0.15) is 0 Å². The molecule has 0 amide bonds. The number of hydrogen-bond donors (Lipinski definition) is 0. The molecular formula is C17H38SiSn. The summed E-state index contributed by atoms with van der Waals surface area (Å²) >= 11 is -1.75. The summed E-state index contributed by atoms with van der Waals surface area (Å²) in [7, 11) is -0.689. The van der Waals surface area contributed by atoms with Gasteiger partial charge >= 0.3 is 128 Å². The molecule has 1 heterocycles. The zero-order valence-electron chi connectivity index (χ0n) is 14.2. The molecule has 0 bridgehead atoms. The molecule has 0 aromatic carbocycles. The normalized spacial score (nSPS) is 18.3. The van der Waals surface area contributed by atoms with Gasteiger partial charge < -0.3 is 0 Å². The second-order valence-electron chi connectivity index (χ2n) is 7.65. The minimum absolute atomic E-state index is 0.689. The van der Waals surface area contributed by atoms with Crippen molar-refractivity contribution in [2.45, 2.75) is 102 Å². The molecule has 2 heteroatoms. The predicted octanol–water partition coefficient (Wildman–Crippen LogP) is 6.86. The number of hydrogen-bond acceptors (Lipinski definition) is 0. The monoisotopic (exact) mass is 390 g/mol. The fourth-order valence-corrected chi connectivity index (χ4v) is 43.1. The van der Waals surface area contributed by atoms with Crippen LogP contribution >= 0.6 is 0 Å². The third-order valence-corrected chi connectivity index (χ3v) is 36.1. The van der Waals surface area contributed by atoms with E-state index in [9.17, 15) is 0 Å². The molecule has 1 aliphatic heterocycles. The summed E-state index contributed by atoms with van der Waals surface area (Å²) in [6.07, 6.45) is 10.6. The van der Waals surface area contributed by atoms with Gasteiger partial charge in [-0.15, -0.1) is 0 Å². The van der Waals surface area contributed by atoms with Crippen molar-refractivity contribution >= 4 is 26.5 Å². The summed E-state index contributed by atoms with van der Waals surface area (Å²) in [5.74, 6) is 0. The van der Waals surface area contributed by atoms with Gasteiger partial charge in [0, 0.05) is 0 Å².